The molecule has 0 bridgehead atoms. The highest BCUT2D eigenvalue weighted by atomic mass is 35.5. The lowest BCUT2D eigenvalue weighted by atomic mass is 10.1. The third kappa shape index (κ3) is 2.05. The number of oxazole rings is 1. The number of hydrogen-bond donors (Lipinski definition) is 0. The van der Waals surface area contributed by atoms with Crippen LogP contribution in [0.1, 0.15) is 23.9 Å². The van der Waals surface area contributed by atoms with Gasteiger partial charge in [-0.2, -0.15) is 0 Å². The van der Waals surface area contributed by atoms with Gasteiger partial charge in [0, 0.05) is 5.56 Å². The van der Waals surface area contributed by atoms with Crippen LogP contribution in [0.4, 0.5) is 0 Å². The van der Waals surface area contributed by atoms with E-state index in [1.165, 1.54) is 0 Å². The standard InChI is InChI=1S/C12H12ClNO/c1-8(13)12-14-9(2)11(15-12)10-6-4-3-5-7-10/h3-8H,1-2H3. The molecule has 2 aromatic rings. The van der Waals surface area contributed by atoms with E-state index < -0.39 is 0 Å². The molecular weight excluding hydrogens is 210 g/mol. The van der Waals surface area contributed by atoms with Crippen LogP contribution < -0.4 is 0 Å². The number of rotatable bonds is 2. The highest BCUT2D eigenvalue weighted by Crippen LogP contribution is 2.28. The zero-order valence-corrected chi connectivity index (χ0v) is 9.45. The monoisotopic (exact) mass is 221 g/mol. The molecule has 0 N–H and O–H groups in total. The van der Waals surface area contributed by atoms with Gasteiger partial charge in [-0.15, -0.1) is 11.6 Å². The van der Waals surface area contributed by atoms with Crippen LogP contribution in [0.25, 0.3) is 11.3 Å². The van der Waals surface area contributed by atoms with E-state index >= 15 is 0 Å². The molecule has 0 saturated carbocycles. The Labute approximate surface area is 93.9 Å². The summed E-state index contributed by atoms with van der Waals surface area (Å²) < 4.78 is 5.62. The first-order valence-corrected chi connectivity index (χ1v) is 5.29. The van der Waals surface area contributed by atoms with Gasteiger partial charge in [0.25, 0.3) is 0 Å². The van der Waals surface area contributed by atoms with Crippen molar-refractivity contribution in [2.75, 3.05) is 0 Å². The minimum Gasteiger partial charge on any atom is -0.439 e. The number of halogens is 1. The largest absolute Gasteiger partial charge is 0.439 e. The van der Waals surface area contributed by atoms with Gasteiger partial charge >= 0.3 is 0 Å². The second kappa shape index (κ2) is 4.07. The number of benzene rings is 1. The molecule has 0 saturated heterocycles. The van der Waals surface area contributed by atoms with Crippen molar-refractivity contribution in [2.24, 2.45) is 0 Å². The van der Waals surface area contributed by atoms with Crippen LogP contribution in [0.15, 0.2) is 34.7 Å². The van der Waals surface area contributed by atoms with Gasteiger partial charge in [-0.05, 0) is 13.8 Å². The van der Waals surface area contributed by atoms with Crippen LogP contribution in [0, 0.1) is 6.92 Å². The Morgan fingerprint density at radius 2 is 1.93 bits per heavy atom. The molecular formula is C12H12ClNO. The molecule has 2 nitrogen and oxygen atoms in total. The average molecular weight is 222 g/mol. The van der Waals surface area contributed by atoms with E-state index in [9.17, 15) is 0 Å². The summed E-state index contributed by atoms with van der Waals surface area (Å²) in [5.74, 6) is 1.38. The lowest BCUT2D eigenvalue weighted by molar-refractivity contribution is 0.508. The third-order valence-corrected chi connectivity index (χ3v) is 2.38. The van der Waals surface area contributed by atoms with E-state index in [1.807, 2.05) is 44.2 Å². The minimum absolute atomic E-state index is 0.193. The van der Waals surface area contributed by atoms with Crippen molar-refractivity contribution >= 4 is 11.6 Å². The van der Waals surface area contributed by atoms with E-state index in [0.29, 0.717) is 5.89 Å². The van der Waals surface area contributed by atoms with Crippen LogP contribution in [0.3, 0.4) is 0 Å². The van der Waals surface area contributed by atoms with Gasteiger partial charge in [0.1, 0.15) is 5.38 Å². The Bertz CT molecular complexity index is 448. The molecule has 1 atom stereocenters. The quantitative estimate of drug-likeness (QED) is 0.718. The number of aromatic nitrogens is 1. The molecule has 0 radical (unpaired) electrons. The zero-order valence-electron chi connectivity index (χ0n) is 8.70. The molecule has 0 aliphatic heterocycles. The smallest absolute Gasteiger partial charge is 0.212 e. The molecule has 0 spiro atoms. The maximum Gasteiger partial charge on any atom is 0.212 e. The maximum absolute atomic E-state index is 5.92. The van der Waals surface area contributed by atoms with E-state index in [-0.39, 0.29) is 5.38 Å². The minimum atomic E-state index is -0.193. The highest BCUT2D eigenvalue weighted by Gasteiger charge is 2.14. The normalized spacial score (nSPS) is 12.7. The molecule has 3 heteroatoms. The number of aryl methyl sites for hydroxylation is 1. The Hall–Kier alpha value is -1.28. The van der Waals surface area contributed by atoms with Gasteiger partial charge in [0.2, 0.25) is 5.89 Å². The predicted molar refractivity (Wildman–Crippen MR) is 60.9 cm³/mol. The van der Waals surface area contributed by atoms with E-state index in [2.05, 4.69) is 4.98 Å². The summed E-state index contributed by atoms with van der Waals surface area (Å²) in [5.41, 5.74) is 1.91. The highest BCUT2D eigenvalue weighted by molar-refractivity contribution is 6.20. The number of alkyl halides is 1. The van der Waals surface area contributed by atoms with Crippen molar-refractivity contribution in [1.82, 2.24) is 4.98 Å². The van der Waals surface area contributed by atoms with E-state index in [1.54, 1.807) is 0 Å². The summed E-state index contributed by atoms with van der Waals surface area (Å²) in [6.45, 7) is 3.77. The van der Waals surface area contributed by atoms with Crippen LogP contribution in [0.2, 0.25) is 0 Å². The number of nitrogens with zero attached hydrogens (tertiary/aromatic N) is 1. The fraction of sp³-hybridized carbons (Fsp3) is 0.250. The predicted octanol–water partition coefficient (Wildman–Crippen LogP) is 3.95. The summed E-state index contributed by atoms with van der Waals surface area (Å²) in [7, 11) is 0. The SMILES string of the molecule is Cc1nc(C(C)Cl)oc1-c1ccccc1. The molecule has 2 rings (SSSR count). The van der Waals surface area contributed by atoms with Crippen LogP contribution in [-0.4, -0.2) is 4.98 Å². The molecule has 0 amide bonds. The van der Waals surface area contributed by atoms with Crippen molar-refractivity contribution in [2.45, 2.75) is 19.2 Å². The van der Waals surface area contributed by atoms with Gasteiger partial charge in [-0.25, -0.2) is 4.98 Å². The molecule has 1 heterocycles. The molecule has 1 aromatic heterocycles. The van der Waals surface area contributed by atoms with Crippen molar-refractivity contribution in [3.05, 3.63) is 41.9 Å². The Morgan fingerprint density at radius 3 is 2.47 bits per heavy atom. The van der Waals surface area contributed by atoms with Crippen LogP contribution in [0.5, 0.6) is 0 Å². The van der Waals surface area contributed by atoms with E-state index in [0.717, 1.165) is 17.0 Å². The Morgan fingerprint density at radius 1 is 1.27 bits per heavy atom. The van der Waals surface area contributed by atoms with Crippen LogP contribution in [-0.2, 0) is 0 Å². The van der Waals surface area contributed by atoms with Gasteiger partial charge in [0.15, 0.2) is 5.76 Å². The first kappa shape index (κ1) is 10.2. The fourth-order valence-corrected chi connectivity index (χ4v) is 1.54. The van der Waals surface area contributed by atoms with E-state index in [4.69, 9.17) is 16.0 Å². The second-order valence-electron chi connectivity index (χ2n) is 3.45. The van der Waals surface area contributed by atoms with Crippen molar-refractivity contribution in [1.29, 1.82) is 0 Å². The first-order chi connectivity index (χ1) is 7.18. The maximum atomic E-state index is 5.92. The molecule has 0 aliphatic carbocycles. The molecule has 78 valence electrons. The van der Waals surface area contributed by atoms with Crippen molar-refractivity contribution < 1.29 is 4.42 Å². The zero-order chi connectivity index (χ0) is 10.8. The average Bonchev–Trinajstić information content (AvgIpc) is 2.62. The van der Waals surface area contributed by atoms with Crippen LogP contribution >= 0.6 is 11.6 Å². The summed E-state index contributed by atoms with van der Waals surface area (Å²) in [5, 5.41) is -0.193. The summed E-state index contributed by atoms with van der Waals surface area (Å²) in [6.07, 6.45) is 0. The number of hydrogen-bond acceptors (Lipinski definition) is 2. The van der Waals surface area contributed by atoms with Gasteiger partial charge < -0.3 is 4.42 Å². The Kier molecular flexibility index (Phi) is 2.78. The topological polar surface area (TPSA) is 26.0 Å². The van der Waals surface area contributed by atoms with Gasteiger partial charge in [0.05, 0.1) is 5.69 Å². The lowest BCUT2D eigenvalue weighted by Gasteiger charge is -1.96. The second-order valence-corrected chi connectivity index (χ2v) is 4.10. The van der Waals surface area contributed by atoms with Crippen molar-refractivity contribution in [3.63, 3.8) is 0 Å². The summed E-state index contributed by atoms with van der Waals surface area (Å²) in [6, 6.07) is 9.91. The molecule has 1 aromatic carbocycles. The Balaban J connectivity index is 2.45. The third-order valence-electron chi connectivity index (χ3n) is 2.19. The van der Waals surface area contributed by atoms with Gasteiger partial charge in [-0.3, -0.25) is 0 Å². The van der Waals surface area contributed by atoms with Crippen molar-refractivity contribution in [3.8, 4) is 11.3 Å². The first-order valence-electron chi connectivity index (χ1n) is 4.85. The molecule has 1 unspecified atom stereocenters. The summed E-state index contributed by atoms with van der Waals surface area (Å²) >= 11 is 5.92. The fourth-order valence-electron chi connectivity index (χ4n) is 1.44. The van der Waals surface area contributed by atoms with Gasteiger partial charge in [-0.1, -0.05) is 30.3 Å². The molecule has 0 aliphatic rings. The lowest BCUT2D eigenvalue weighted by Crippen LogP contribution is -1.82. The summed E-state index contributed by atoms with van der Waals surface area (Å²) in [4.78, 5) is 4.29. The molecule has 0 fully saturated rings. The molecule has 15 heavy (non-hydrogen) atoms.